The highest BCUT2D eigenvalue weighted by atomic mass is 16.7. The van der Waals surface area contributed by atoms with Crippen LogP contribution in [0.15, 0.2) is 0 Å². The van der Waals surface area contributed by atoms with Gasteiger partial charge in [-0.2, -0.15) is 0 Å². The Labute approximate surface area is 162 Å². The molecule has 0 aromatic carbocycles. The van der Waals surface area contributed by atoms with Crippen molar-refractivity contribution in [3.63, 3.8) is 0 Å². The van der Waals surface area contributed by atoms with Crippen molar-refractivity contribution in [3.05, 3.63) is 0 Å². The fourth-order valence-electron chi connectivity index (χ4n) is 3.29. The van der Waals surface area contributed by atoms with E-state index in [0.29, 0.717) is 12.8 Å². The van der Waals surface area contributed by atoms with E-state index in [9.17, 15) is 4.79 Å². The summed E-state index contributed by atoms with van der Waals surface area (Å²) in [5.74, 6) is 0. The van der Waals surface area contributed by atoms with Crippen LogP contribution in [-0.4, -0.2) is 60.0 Å². The number of hydrogen-bond acceptors (Lipinski definition) is 4. The Kier molecular flexibility index (Phi) is 17.0. The van der Waals surface area contributed by atoms with Crippen LogP contribution in [0, 0.1) is 0 Å². The maximum atomic E-state index is 10.6. The molecule has 5 heteroatoms. The molecule has 156 valence electrons. The van der Waals surface area contributed by atoms with Gasteiger partial charge in [-0.05, 0) is 64.7 Å². The van der Waals surface area contributed by atoms with Crippen molar-refractivity contribution < 1.29 is 14.6 Å². The van der Waals surface area contributed by atoms with Gasteiger partial charge < -0.3 is 9.84 Å². The summed E-state index contributed by atoms with van der Waals surface area (Å²) in [6, 6.07) is 0. The van der Waals surface area contributed by atoms with E-state index >= 15 is 0 Å². The molecule has 0 saturated heterocycles. The van der Waals surface area contributed by atoms with Crippen LogP contribution < -0.4 is 0 Å². The molecular weight excluding hydrogens is 328 g/mol. The first-order chi connectivity index (χ1) is 12.6. The van der Waals surface area contributed by atoms with Gasteiger partial charge in [0.1, 0.15) is 0 Å². The first kappa shape index (κ1) is 25.2. The Morgan fingerprint density at radius 1 is 0.769 bits per heavy atom. The quantitative estimate of drug-likeness (QED) is 0.193. The van der Waals surface area contributed by atoms with Crippen molar-refractivity contribution in [2.24, 2.45) is 0 Å². The second-order valence-electron chi connectivity index (χ2n) is 7.22. The van der Waals surface area contributed by atoms with Gasteiger partial charge in [0.05, 0.1) is 12.8 Å². The van der Waals surface area contributed by atoms with E-state index in [-0.39, 0.29) is 0 Å². The standard InChI is InChI=1S/C21H44N2O3/c1-5-9-15-22(16-10-6-2)20(14-13-19-26-21(24)25)23(17-11-7-3)18-12-8-4/h20H,5-19H2,1-4H3,(H,24,25). The lowest BCUT2D eigenvalue weighted by molar-refractivity contribution is 0.0234. The summed E-state index contributed by atoms with van der Waals surface area (Å²) in [6.07, 6.45) is 10.7. The molecule has 0 amide bonds. The van der Waals surface area contributed by atoms with Crippen molar-refractivity contribution in [2.45, 2.75) is 98.1 Å². The number of nitrogens with zero attached hydrogens (tertiary/aromatic N) is 2. The minimum Gasteiger partial charge on any atom is -0.450 e. The molecule has 0 rings (SSSR count). The Morgan fingerprint density at radius 2 is 1.15 bits per heavy atom. The van der Waals surface area contributed by atoms with Crippen molar-refractivity contribution in [3.8, 4) is 0 Å². The second-order valence-corrected chi connectivity index (χ2v) is 7.22. The Morgan fingerprint density at radius 3 is 1.46 bits per heavy atom. The molecule has 0 radical (unpaired) electrons. The molecule has 0 aliphatic heterocycles. The van der Waals surface area contributed by atoms with Gasteiger partial charge in [0.2, 0.25) is 0 Å². The van der Waals surface area contributed by atoms with Crippen LogP contribution in [-0.2, 0) is 4.74 Å². The molecule has 5 nitrogen and oxygen atoms in total. The monoisotopic (exact) mass is 372 g/mol. The summed E-state index contributed by atoms with van der Waals surface area (Å²) < 4.78 is 4.76. The molecule has 0 bridgehead atoms. The molecule has 0 heterocycles. The zero-order valence-electron chi connectivity index (χ0n) is 17.8. The van der Waals surface area contributed by atoms with E-state index in [0.717, 1.165) is 39.0 Å². The summed E-state index contributed by atoms with van der Waals surface area (Å²) in [6.45, 7) is 13.8. The molecule has 0 spiro atoms. The van der Waals surface area contributed by atoms with E-state index in [2.05, 4.69) is 37.5 Å². The lowest BCUT2D eigenvalue weighted by Crippen LogP contribution is -2.50. The van der Waals surface area contributed by atoms with E-state index in [1.54, 1.807) is 0 Å². The van der Waals surface area contributed by atoms with Gasteiger partial charge in [-0.15, -0.1) is 0 Å². The Bertz CT molecular complexity index is 290. The molecule has 0 saturated carbocycles. The topological polar surface area (TPSA) is 53.0 Å². The number of rotatable bonds is 18. The first-order valence-corrected chi connectivity index (χ1v) is 10.9. The Hall–Kier alpha value is -0.810. The zero-order chi connectivity index (χ0) is 19.6. The molecular formula is C21H44N2O3. The smallest absolute Gasteiger partial charge is 0.450 e. The zero-order valence-corrected chi connectivity index (χ0v) is 17.8. The fraction of sp³-hybridized carbons (Fsp3) is 0.952. The lowest BCUT2D eigenvalue weighted by atomic mass is 10.1. The molecule has 0 fully saturated rings. The molecule has 0 aromatic rings. The predicted molar refractivity (Wildman–Crippen MR) is 110 cm³/mol. The van der Waals surface area contributed by atoms with Crippen LogP contribution in [0.25, 0.3) is 0 Å². The van der Waals surface area contributed by atoms with Crippen LogP contribution in [0.5, 0.6) is 0 Å². The SMILES string of the molecule is CCCCN(CCCC)C(CCCOC(=O)O)N(CCCC)CCCC. The van der Waals surface area contributed by atoms with Gasteiger partial charge in [-0.1, -0.05) is 53.4 Å². The average Bonchev–Trinajstić information content (AvgIpc) is 2.63. The predicted octanol–water partition coefficient (Wildman–Crippen LogP) is 5.59. The third-order valence-corrected chi connectivity index (χ3v) is 4.87. The van der Waals surface area contributed by atoms with Gasteiger partial charge in [0.15, 0.2) is 0 Å². The first-order valence-electron chi connectivity index (χ1n) is 10.9. The lowest BCUT2D eigenvalue weighted by Gasteiger charge is -2.40. The number of unbranched alkanes of at least 4 members (excludes halogenated alkanes) is 4. The highest BCUT2D eigenvalue weighted by Crippen LogP contribution is 2.17. The van der Waals surface area contributed by atoms with Crippen LogP contribution in [0.1, 0.15) is 91.9 Å². The average molecular weight is 373 g/mol. The normalized spacial score (nSPS) is 11.7. The van der Waals surface area contributed by atoms with Crippen LogP contribution in [0.2, 0.25) is 0 Å². The molecule has 0 aromatic heterocycles. The highest BCUT2D eigenvalue weighted by Gasteiger charge is 2.24. The van der Waals surface area contributed by atoms with E-state index in [1.807, 2.05) is 0 Å². The van der Waals surface area contributed by atoms with Gasteiger partial charge in [-0.3, -0.25) is 9.80 Å². The molecule has 0 aliphatic carbocycles. The third-order valence-electron chi connectivity index (χ3n) is 4.87. The van der Waals surface area contributed by atoms with Gasteiger partial charge in [0, 0.05) is 0 Å². The molecule has 0 atom stereocenters. The van der Waals surface area contributed by atoms with E-state index in [4.69, 9.17) is 9.84 Å². The van der Waals surface area contributed by atoms with Crippen LogP contribution in [0.3, 0.4) is 0 Å². The van der Waals surface area contributed by atoms with Crippen molar-refractivity contribution >= 4 is 6.16 Å². The summed E-state index contributed by atoms with van der Waals surface area (Å²) in [7, 11) is 0. The third kappa shape index (κ3) is 12.5. The fourth-order valence-corrected chi connectivity index (χ4v) is 3.29. The van der Waals surface area contributed by atoms with Crippen LogP contribution in [0.4, 0.5) is 4.79 Å². The molecule has 0 aliphatic rings. The number of hydrogen-bond donors (Lipinski definition) is 1. The van der Waals surface area contributed by atoms with Crippen LogP contribution >= 0.6 is 0 Å². The Balaban J connectivity index is 5.07. The van der Waals surface area contributed by atoms with Crippen molar-refractivity contribution in [1.82, 2.24) is 9.80 Å². The van der Waals surface area contributed by atoms with Crippen molar-refractivity contribution in [1.29, 1.82) is 0 Å². The number of ether oxygens (including phenoxy) is 1. The van der Waals surface area contributed by atoms with E-state index < -0.39 is 6.16 Å². The van der Waals surface area contributed by atoms with Gasteiger partial charge in [-0.25, -0.2) is 4.79 Å². The van der Waals surface area contributed by atoms with Gasteiger partial charge in [0.25, 0.3) is 0 Å². The number of carbonyl (C=O) groups is 1. The maximum absolute atomic E-state index is 10.6. The minimum absolute atomic E-state index is 0.302. The minimum atomic E-state index is -1.16. The summed E-state index contributed by atoms with van der Waals surface area (Å²) in [4.78, 5) is 15.9. The highest BCUT2D eigenvalue weighted by molar-refractivity contribution is 5.56. The summed E-state index contributed by atoms with van der Waals surface area (Å²) >= 11 is 0. The maximum Gasteiger partial charge on any atom is 0.505 e. The molecule has 1 N–H and O–H groups in total. The molecule has 0 unspecified atom stereocenters. The summed E-state index contributed by atoms with van der Waals surface area (Å²) in [5.41, 5.74) is 0. The summed E-state index contributed by atoms with van der Waals surface area (Å²) in [5, 5.41) is 8.72. The van der Waals surface area contributed by atoms with Crippen molar-refractivity contribution in [2.75, 3.05) is 32.8 Å². The number of carboxylic acid groups (broad SMARTS) is 1. The molecule has 26 heavy (non-hydrogen) atoms. The van der Waals surface area contributed by atoms with Gasteiger partial charge >= 0.3 is 6.16 Å². The second kappa shape index (κ2) is 17.6. The largest absolute Gasteiger partial charge is 0.505 e. The van der Waals surface area contributed by atoms with E-state index in [1.165, 1.54) is 51.4 Å².